The first kappa shape index (κ1) is 11.6. The van der Waals surface area contributed by atoms with Crippen molar-refractivity contribution in [2.24, 2.45) is 5.92 Å². The monoisotopic (exact) mass is 234 g/mol. The van der Waals surface area contributed by atoms with E-state index in [0.717, 1.165) is 25.7 Å². The standard InChI is InChI=1S/C12H14N2O3/c15-11(8-3-1-2-4-8)14-10-7-13-6-5-9(10)12(16)17/h5-8H,1-4H2,(H,14,15)(H,16,17). The summed E-state index contributed by atoms with van der Waals surface area (Å²) in [7, 11) is 0. The van der Waals surface area contributed by atoms with Crippen molar-refractivity contribution in [1.29, 1.82) is 0 Å². The lowest BCUT2D eigenvalue weighted by Gasteiger charge is -2.11. The summed E-state index contributed by atoms with van der Waals surface area (Å²) in [6.45, 7) is 0. The number of aromatic nitrogens is 1. The molecular formula is C12H14N2O3. The van der Waals surface area contributed by atoms with E-state index in [2.05, 4.69) is 10.3 Å². The summed E-state index contributed by atoms with van der Waals surface area (Å²) >= 11 is 0. The van der Waals surface area contributed by atoms with E-state index in [1.165, 1.54) is 18.5 Å². The number of nitrogens with zero attached hydrogens (tertiary/aromatic N) is 1. The van der Waals surface area contributed by atoms with Crippen LogP contribution in [0.3, 0.4) is 0 Å². The highest BCUT2D eigenvalue weighted by Gasteiger charge is 2.23. The summed E-state index contributed by atoms with van der Waals surface area (Å²) in [6, 6.07) is 1.38. The number of hydrogen-bond donors (Lipinski definition) is 2. The lowest BCUT2D eigenvalue weighted by molar-refractivity contribution is -0.119. The minimum Gasteiger partial charge on any atom is -0.478 e. The Morgan fingerprint density at radius 1 is 1.35 bits per heavy atom. The molecule has 5 heteroatoms. The fourth-order valence-electron chi connectivity index (χ4n) is 2.10. The molecule has 0 aliphatic heterocycles. The molecule has 0 unspecified atom stereocenters. The average molecular weight is 234 g/mol. The molecule has 1 fully saturated rings. The maximum atomic E-state index is 11.9. The van der Waals surface area contributed by atoms with Gasteiger partial charge >= 0.3 is 5.97 Å². The molecule has 2 rings (SSSR count). The molecule has 17 heavy (non-hydrogen) atoms. The molecule has 1 aliphatic rings. The molecule has 1 aromatic heterocycles. The van der Waals surface area contributed by atoms with Gasteiger partial charge in [-0.05, 0) is 18.9 Å². The van der Waals surface area contributed by atoms with Gasteiger partial charge in [-0.1, -0.05) is 12.8 Å². The Morgan fingerprint density at radius 2 is 2.06 bits per heavy atom. The average Bonchev–Trinajstić information content (AvgIpc) is 2.83. The van der Waals surface area contributed by atoms with Crippen molar-refractivity contribution in [1.82, 2.24) is 4.98 Å². The van der Waals surface area contributed by atoms with Gasteiger partial charge in [-0.15, -0.1) is 0 Å². The van der Waals surface area contributed by atoms with Crippen LogP contribution in [0.1, 0.15) is 36.0 Å². The SMILES string of the molecule is O=C(O)c1ccncc1NC(=O)C1CCCC1. The van der Waals surface area contributed by atoms with E-state index >= 15 is 0 Å². The molecule has 5 nitrogen and oxygen atoms in total. The Morgan fingerprint density at radius 3 is 2.71 bits per heavy atom. The normalized spacial score (nSPS) is 15.8. The molecule has 0 atom stereocenters. The number of anilines is 1. The van der Waals surface area contributed by atoms with Crippen molar-refractivity contribution >= 4 is 17.6 Å². The Hall–Kier alpha value is -1.91. The Kier molecular flexibility index (Phi) is 3.37. The van der Waals surface area contributed by atoms with E-state index in [1.807, 2.05) is 0 Å². The van der Waals surface area contributed by atoms with Crippen molar-refractivity contribution in [2.45, 2.75) is 25.7 Å². The molecule has 0 aromatic carbocycles. The van der Waals surface area contributed by atoms with Crippen molar-refractivity contribution in [3.05, 3.63) is 24.0 Å². The number of carbonyl (C=O) groups is 2. The third-order valence-electron chi connectivity index (χ3n) is 3.04. The number of aromatic carboxylic acids is 1. The van der Waals surface area contributed by atoms with Crippen LogP contribution in [0, 0.1) is 5.92 Å². The predicted octanol–water partition coefficient (Wildman–Crippen LogP) is 1.91. The van der Waals surface area contributed by atoms with Crippen LogP contribution >= 0.6 is 0 Å². The van der Waals surface area contributed by atoms with Crippen molar-refractivity contribution < 1.29 is 14.7 Å². The molecule has 90 valence electrons. The third kappa shape index (κ3) is 2.61. The summed E-state index contributed by atoms with van der Waals surface area (Å²) in [4.78, 5) is 26.6. The molecule has 1 heterocycles. The molecule has 1 amide bonds. The lowest BCUT2D eigenvalue weighted by Crippen LogP contribution is -2.21. The number of rotatable bonds is 3. The zero-order chi connectivity index (χ0) is 12.3. The minimum atomic E-state index is -1.06. The molecule has 0 bridgehead atoms. The molecule has 2 N–H and O–H groups in total. The number of pyridine rings is 1. The zero-order valence-corrected chi connectivity index (χ0v) is 9.35. The highest BCUT2D eigenvalue weighted by atomic mass is 16.4. The van der Waals surface area contributed by atoms with E-state index in [4.69, 9.17) is 5.11 Å². The molecular weight excluding hydrogens is 220 g/mol. The highest BCUT2D eigenvalue weighted by Crippen LogP contribution is 2.26. The van der Waals surface area contributed by atoms with Crippen LogP contribution < -0.4 is 5.32 Å². The number of amides is 1. The van der Waals surface area contributed by atoms with E-state index in [-0.39, 0.29) is 23.1 Å². The summed E-state index contributed by atoms with van der Waals surface area (Å²) in [5.41, 5.74) is 0.350. The maximum absolute atomic E-state index is 11.9. The van der Waals surface area contributed by atoms with Crippen LogP contribution in [-0.2, 0) is 4.79 Å². The topological polar surface area (TPSA) is 79.3 Å². The lowest BCUT2D eigenvalue weighted by atomic mass is 10.1. The summed E-state index contributed by atoms with van der Waals surface area (Å²) in [6.07, 6.45) is 6.67. The van der Waals surface area contributed by atoms with Gasteiger partial charge in [0, 0.05) is 12.1 Å². The Balaban J connectivity index is 2.12. The van der Waals surface area contributed by atoms with E-state index in [1.54, 1.807) is 0 Å². The second-order valence-corrected chi connectivity index (χ2v) is 4.20. The summed E-state index contributed by atoms with van der Waals surface area (Å²) in [5, 5.41) is 11.6. The van der Waals surface area contributed by atoms with Gasteiger partial charge in [0.25, 0.3) is 0 Å². The van der Waals surface area contributed by atoms with E-state index in [0.29, 0.717) is 0 Å². The molecule has 0 radical (unpaired) electrons. The van der Waals surface area contributed by atoms with Crippen molar-refractivity contribution in [3.8, 4) is 0 Å². The number of nitrogens with one attached hydrogen (secondary N) is 1. The van der Waals surface area contributed by atoms with Gasteiger partial charge in [-0.3, -0.25) is 9.78 Å². The van der Waals surface area contributed by atoms with Crippen LogP contribution in [0.2, 0.25) is 0 Å². The second-order valence-electron chi connectivity index (χ2n) is 4.20. The highest BCUT2D eigenvalue weighted by molar-refractivity contribution is 6.00. The van der Waals surface area contributed by atoms with Gasteiger partial charge in [0.05, 0.1) is 17.4 Å². The van der Waals surface area contributed by atoms with Gasteiger partial charge in [0.15, 0.2) is 0 Å². The van der Waals surface area contributed by atoms with Gasteiger partial charge in [-0.2, -0.15) is 0 Å². The van der Waals surface area contributed by atoms with Gasteiger partial charge in [-0.25, -0.2) is 4.79 Å². The van der Waals surface area contributed by atoms with Crippen LogP contribution in [0.15, 0.2) is 18.5 Å². The Labute approximate surface area is 98.9 Å². The Bertz CT molecular complexity index is 439. The van der Waals surface area contributed by atoms with Crippen LogP contribution in [0.5, 0.6) is 0 Å². The van der Waals surface area contributed by atoms with Crippen LogP contribution in [0.25, 0.3) is 0 Å². The zero-order valence-electron chi connectivity index (χ0n) is 9.35. The van der Waals surface area contributed by atoms with E-state index < -0.39 is 5.97 Å². The van der Waals surface area contributed by atoms with Gasteiger partial charge < -0.3 is 10.4 Å². The summed E-state index contributed by atoms with van der Waals surface area (Å²) < 4.78 is 0. The number of carboxylic acid groups (broad SMARTS) is 1. The number of carboxylic acids is 1. The second kappa shape index (κ2) is 4.95. The molecule has 0 saturated heterocycles. The molecule has 1 aliphatic carbocycles. The molecule has 1 aromatic rings. The number of hydrogen-bond acceptors (Lipinski definition) is 3. The quantitative estimate of drug-likeness (QED) is 0.837. The van der Waals surface area contributed by atoms with E-state index in [9.17, 15) is 9.59 Å². The molecule has 0 spiro atoms. The van der Waals surface area contributed by atoms with Gasteiger partial charge in [0.1, 0.15) is 0 Å². The van der Waals surface area contributed by atoms with Gasteiger partial charge in [0.2, 0.25) is 5.91 Å². The smallest absolute Gasteiger partial charge is 0.337 e. The first-order valence-corrected chi connectivity index (χ1v) is 5.66. The predicted molar refractivity (Wildman–Crippen MR) is 61.8 cm³/mol. The number of carbonyl (C=O) groups excluding carboxylic acids is 1. The largest absolute Gasteiger partial charge is 0.478 e. The van der Waals surface area contributed by atoms with Crippen LogP contribution in [-0.4, -0.2) is 22.0 Å². The minimum absolute atomic E-state index is 0.0110. The van der Waals surface area contributed by atoms with Crippen molar-refractivity contribution in [3.63, 3.8) is 0 Å². The summed E-state index contributed by atoms with van der Waals surface area (Å²) in [5.74, 6) is -1.15. The fraction of sp³-hybridized carbons (Fsp3) is 0.417. The third-order valence-corrected chi connectivity index (χ3v) is 3.04. The van der Waals surface area contributed by atoms with Crippen molar-refractivity contribution in [2.75, 3.05) is 5.32 Å². The fourth-order valence-corrected chi connectivity index (χ4v) is 2.10. The maximum Gasteiger partial charge on any atom is 0.337 e. The van der Waals surface area contributed by atoms with Crippen LogP contribution in [0.4, 0.5) is 5.69 Å². The first-order chi connectivity index (χ1) is 8.18. The first-order valence-electron chi connectivity index (χ1n) is 5.66. The molecule has 1 saturated carbocycles.